The second-order valence-electron chi connectivity index (χ2n) is 13.1. The Morgan fingerprint density at radius 2 is 1.17 bits per heavy atom. The van der Waals surface area contributed by atoms with Gasteiger partial charge in [-0.3, -0.25) is 0 Å². The molecular formula is C45H28N2. The Morgan fingerprint density at radius 1 is 0.553 bits per heavy atom. The second kappa shape index (κ2) is 9.89. The number of hydrogen-bond donors (Lipinski definition) is 0. The van der Waals surface area contributed by atoms with Crippen LogP contribution in [0, 0.1) is 17.9 Å². The number of rotatable bonds is 3. The van der Waals surface area contributed by atoms with Crippen LogP contribution in [-0.4, -0.2) is 0 Å². The number of fused-ring (bicyclic) bond motifs is 3. The molecule has 0 aliphatic heterocycles. The molecule has 9 rings (SSSR count). The zero-order chi connectivity index (χ0) is 31.9. The van der Waals surface area contributed by atoms with Crippen LogP contribution in [-0.2, 0) is 5.41 Å². The van der Waals surface area contributed by atoms with Crippen molar-refractivity contribution in [1.82, 2.24) is 0 Å². The molecule has 0 radical (unpaired) electrons. The molecule has 0 unspecified atom stereocenters. The fraction of sp³-hybridized carbons (Fsp3) is 0.0667. The van der Waals surface area contributed by atoms with Gasteiger partial charge >= 0.3 is 0 Å². The van der Waals surface area contributed by atoms with E-state index in [4.69, 9.17) is 6.57 Å². The molecule has 8 aromatic rings. The van der Waals surface area contributed by atoms with E-state index in [0.717, 1.165) is 22.3 Å². The van der Waals surface area contributed by atoms with Crippen LogP contribution in [0.25, 0.3) is 81.7 Å². The maximum absolute atomic E-state index is 9.40. The number of hydrogen-bond acceptors (Lipinski definition) is 1. The van der Waals surface area contributed by atoms with Gasteiger partial charge in [-0.1, -0.05) is 129 Å². The van der Waals surface area contributed by atoms with Crippen molar-refractivity contribution >= 4 is 38.0 Å². The Labute approximate surface area is 273 Å². The van der Waals surface area contributed by atoms with Gasteiger partial charge in [-0.15, -0.1) is 0 Å². The van der Waals surface area contributed by atoms with Crippen molar-refractivity contribution in [3.8, 4) is 50.6 Å². The summed E-state index contributed by atoms with van der Waals surface area (Å²) in [5, 5.41) is 16.7. The van der Waals surface area contributed by atoms with Gasteiger partial charge in [-0.2, -0.15) is 5.26 Å². The largest absolute Gasteiger partial charge is 0.238 e. The van der Waals surface area contributed by atoms with Crippen LogP contribution in [0.2, 0.25) is 0 Å². The highest BCUT2D eigenvalue weighted by Gasteiger charge is 2.36. The molecule has 0 amide bonds. The summed E-state index contributed by atoms with van der Waals surface area (Å²) in [6.07, 6.45) is 0. The van der Waals surface area contributed by atoms with Gasteiger partial charge in [0.15, 0.2) is 5.69 Å². The molecule has 0 saturated heterocycles. The summed E-state index contributed by atoms with van der Waals surface area (Å²) in [5.41, 5.74) is 13.5. The minimum atomic E-state index is -0.0971. The lowest BCUT2D eigenvalue weighted by Gasteiger charge is -2.22. The van der Waals surface area contributed by atoms with Gasteiger partial charge in [-0.05, 0) is 106 Å². The minimum Gasteiger partial charge on any atom is -0.238 e. The zero-order valence-corrected chi connectivity index (χ0v) is 26.1. The van der Waals surface area contributed by atoms with E-state index in [0.29, 0.717) is 11.3 Å². The van der Waals surface area contributed by atoms with Crippen LogP contribution < -0.4 is 0 Å². The average molecular weight is 597 g/mol. The van der Waals surface area contributed by atoms with Crippen molar-refractivity contribution in [2.45, 2.75) is 19.3 Å². The van der Waals surface area contributed by atoms with Crippen LogP contribution in [0.3, 0.4) is 0 Å². The third-order valence-electron chi connectivity index (χ3n) is 10.3. The van der Waals surface area contributed by atoms with E-state index in [9.17, 15) is 5.26 Å². The molecule has 47 heavy (non-hydrogen) atoms. The fourth-order valence-electron chi connectivity index (χ4n) is 8.03. The summed E-state index contributed by atoms with van der Waals surface area (Å²) in [4.78, 5) is 3.66. The second-order valence-corrected chi connectivity index (χ2v) is 13.1. The molecule has 0 heterocycles. The van der Waals surface area contributed by atoms with Crippen molar-refractivity contribution in [2.75, 3.05) is 0 Å². The van der Waals surface area contributed by atoms with Crippen molar-refractivity contribution in [3.63, 3.8) is 0 Å². The van der Waals surface area contributed by atoms with Gasteiger partial charge in [0.25, 0.3) is 0 Å². The van der Waals surface area contributed by atoms with Gasteiger partial charge in [-0.25, -0.2) is 4.85 Å². The quantitative estimate of drug-likeness (QED) is 0.147. The van der Waals surface area contributed by atoms with Gasteiger partial charge < -0.3 is 0 Å². The van der Waals surface area contributed by atoms with E-state index in [1.54, 1.807) is 0 Å². The van der Waals surface area contributed by atoms with Crippen LogP contribution in [0.5, 0.6) is 0 Å². The Kier molecular flexibility index (Phi) is 5.71. The molecule has 8 aromatic carbocycles. The highest BCUT2D eigenvalue weighted by atomic mass is 14.6. The summed E-state index contributed by atoms with van der Waals surface area (Å²) < 4.78 is 0. The summed E-state index contributed by atoms with van der Waals surface area (Å²) >= 11 is 0. The first-order chi connectivity index (χ1) is 23.0. The van der Waals surface area contributed by atoms with E-state index < -0.39 is 0 Å². The molecule has 0 bridgehead atoms. The highest BCUT2D eigenvalue weighted by molar-refractivity contribution is 6.30. The molecule has 2 heteroatoms. The van der Waals surface area contributed by atoms with E-state index >= 15 is 0 Å². The Hall–Kier alpha value is -6.22. The first kappa shape index (κ1) is 27.1. The maximum atomic E-state index is 9.40. The molecule has 0 atom stereocenters. The number of benzene rings is 8. The van der Waals surface area contributed by atoms with Gasteiger partial charge in [0.1, 0.15) is 0 Å². The molecule has 1 aliphatic rings. The molecule has 2 nitrogen and oxygen atoms in total. The lowest BCUT2D eigenvalue weighted by molar-refractivity contribution is 0.660. The molecule has 0 aromatic heterocycles. The molecule has 0 fully saturated rings. The van der Waals surface area contributed by atoms with E-state index in [2.05, 4.69) is 122 Å². The molecular weight excluding hydrogens is 569 g/mol. The highest BCUT2D eigenvalue weighted by Crippen LogP contribution is 2.54. The Balaban J connectivity index is 1.42. The first-order valence-electron chi connectivity index (χ1n) is 15.9. The molecule has 0 saturated carbocycles. The standard InChI is InChI=1S/C45H28N2/c1-45(2)40-9-5-4-7-37(40)43-33(8-6-10-41(43)45)39-25-38(29-15-19-31(47-3)20-16-29)35-22-18-30-17-21-32(28-13-11-27(26-46)12-14-28)34-23-24-36(39)44(35)42(30)34/h4-25H,1-2H3. The topological polar surface area (TPSA) is 28.1 Å². The lowest BCUT2D eigenvalue weighted by atomic mass is 9.80. The van der Waals surface area contributed by atoms with Crippen LogP contribution in [0.1, 0.15) is 30.5 Å². The third kappa shape index (κ3) is 3.83. The monoisotopic (exact) mass is 596 g/mol. The average Bonchev–Trinajstić information content (AvgIpc) is 3.36. The Morgan fingerprint density at radius 3 is 1.94 bits per heavy atom. The molecule has 0 spiro atoms. The summed E-state index contributed by atoms with van der Waals surface area (Å²) in [6, 6.07) is 49.7. The van der Waals surface area contributed by atoms with Crippen molar-refractivity contribution in [3.05, 3.63) is 162 Å². The van der Waals surface area contributed by atoms with Gasteiger partial charge in [0.2, 0.25) is 0 Å². The molecule has 1 aliphatic carbocycles. The van der Waals surface area contributed by atoms with Crippen molar-refractivity contribution in [2.24, 2.45) is 0 Å². The minimum absolute atomic E-state index is 0.0971. The van der Waals surface area contributed by atoms with Gasteiger partial charge in [0.05, 0.1) is 18.2 Å². The maximum Gasteiger partial charge on any atom is 0.187 e. The smallest absolute Gasteiger partial charge is 0.187 e. The van der Waals surface area contributed by atoms with Crippen molar-refractivity contribution < 1.29 is 0 Å². The van der Waals surface area contributed by atoms with Crippen LogP contribution in [0.15, 0.2) is 133 Å². The Bertz CT molecular complexity index is 2640. The molecule has 0 N–H and O–H groups in total. The number of nitrogens with zero attached hydrogens (tertiary/aromatic N) is 2. The zero-order valence-electron chi connectivity index (χ0n) is 26.1. The summed E-state index contributed by atoms with van der Waals surface area (Å²) in [7, 11) is 0. The predicted molar refractivity (Wildman–Crippen MR) is 195 cm³/mol. The van der Waals surface area contributed by atoms with Crippen molar-refractivity contribution in [1.29, 1.82) is 5.26 Å². The SMILES string of the molecule is [C-]#[N+]c1ccc(-c2cc(-c3cccc4c3-c3ccccc3C4(C)C)c3ccc4c(-c5ccc(C#N)cc5)ccc5ccc2c3c54)cc1. The normalized spacial score (nSPS) is 13.0. The van der Waals surface area contributed by atoms with Crippen LogP contribution in [0.4, 0.5) is 5.69 Å². The first-order valence-corrected chi connectivity index (χ1v) is 15.9. The van der Waals surface area contributed by atoms with Gasteiger partial charge in [0, 0.05) is 5.41 Å². The number of nitriles is 1. The summed E-state index contributed by atoms with van der Waals surface area (Å²) in [5.74, 6) is 0. The predicted octanol–water partition coefficient (Wildman–Crippen LogP) is 12.3. The lowest BCUT2D eigenvalue weighted by Crippen LogP contribution is -2.14. The fourth-order valence-corrected chi connectivity index (χ4v) is 8.03. The van der Waals surface area contributed by atoms with E-state index in [-0.39, 0.29) is 5.41 Å². The molecule has 218 valence electrons. The van der Waals surface area contributed by atoms with E-state index in [1.807, 2.05) is 36.4 Å². The van der Waals surface area contributed by atoms with Crippen LogP contribution >= 0.6 is 0 Å². The third-order valence-corrected chi connectivity index (χ3v) is 10.3. The van der Waals surface area contributed by atoms with E-state index in [1.165, 1.54) is 65.7 Å². The summed E-state index contributed by atoms with van der Waals surface area (Å²) in [6.45, 7) is 12.2.